The second kappa shape index (κ2) is 6.76. The maximum Gasteiger partial charge on any atom is 0.226 e. The van der Waals surface area contributed by atoms with Gasteiger partial charge in [-0.1, -0.05) is 12.1 Å². The van der Waals surface area contributed by atoms with Gasteiger partial charge in [0.1, 0.15) is 5.82 Å². The zero-order valence-corrected chi connectivity index (χ0v) is 10.6. The highest BCUT2D eigenvalue weighted by atomic mass is 32.2. The Morgan fingerprint density at radius 1 is 1.11 bits per heavy atom. The molecule has 2 heterocycles. The third-order valence-corrected chi connectivity index (χ3v) is 3.09. The third-order valence-electron chi connectivity index (χ3n) is 2.15. The molecule has 0 aliphatic carbocycles. The molecule has 0 saturated heterocycles. The molecule has 0 unspecified atom stereocenters. The Balaban J connectivity index is 1.73. The number of anilines is 1. The van der Waals surface area contributed by atoms with Crippen molar-refractivity contribution in [3.63, 3.8) is 0 Å². The van der Waals surface area contributed by atoms with Crippen LogP contribution in [0.2, 0.25) is 0 Å². The second-order valence-electron chi connectivity index (χ2n) is 3.53. The van der Waals surface area contributed by atoms with Gasteiger partial charge in [0.25, 0.3) is 0 Å². The monoisotopic (exact) mass is 259 g/mol. The van der Waals surface area contributed by atoms with E-state index in [1.165, 1.54) is 0 Å². The number of carbonyl (C=O) groups is 1. The normalized spacial score (nSPS) is 10.0. The van der Waals surface area contributed by atoms with Gasteiger partial charge in [-0.15, -0.1) is 11.8 Å². The number of hydrogen-bond acceptors (Lipinski definition) is 4. The lowest BCUT2D eigenvalue weighted by Crippen LogP contribution is -2.12. The van der Waals surface area contributed by atoms with E-state index in [0.717, 1.165) is 5.03 Å². The van der Waals surface area contributed by atoms with E-state index in [4.69, 9.17) is 0 Å². The van der Waals surface area contributed by atoms with Crippen molar-refractivity contribution in [2.75, 3.05) is 11.1 Å². The van der Waals surface area contributed by atoms with Crippen molar-refractivity contribution in [1.29, 1.82) is 0 Å². The summed E-state index contributed by atoms with van der Waals surface area (Å²) in [7, 11) is 0. The zero-order valence-electron chi connectivity index (χ0n) is 9.74. The summed E-state index contributed by atoms with van der Waals surface area (Å²) in [6.07, 6.45) is 3.84. The molecule has 0 aliphatic heterocycles. The summed E-state index contributed by atoms with van der Waals surface area (Å²) in [5, 5.41) is 3.68. The first-order chi connectivity index (χ1) is 8.84. The predicted molar refractivity (Wildman–Crippen MR) is 72.4 cm³/mol. The van der Waals surface area contributed by atoms with Gasteiger partial charge in [0.2, 0.25) is 5.91 Å². The quantitative estimate of drug-likeness (QED) is 0.839. The predicted octanol–water partition coefficient (Wildman–Crippen LogP) is 2.60. The van der Waals surface area contributed by atoms with Crippen LogP contribution in [0.3, 0.4) is 0 Å². The van der Waals surface area contributed by atoms with E-state index in [2.05, 4.69) is 15.3 Å². The van der Waals surface area contributed by atoms with Crippen molar-refractivity contribution >= 4 is 23.5 Å². The number of rotatable bonds is 5. The Hall–Kier alpha value is -1.88. The van der Waals surface area contributed by atoms with Crippen molar-refractivity contribution in [3.05, 3.63) is 48.8 Å². The summed E-state index contributed by atoms with van der Waals surface area (Å²) in [6.45, 7) is 0. The van der Waals surface area contributed by atoms with Crippen LogP contribution in [0.4, 0.5) is 5.82 Å². The third kappa shape index (κ3) is 4.18. The highest BCUT2D eigenvalue weighted by molar-refractivity contribution is 7.99. The molecule has 18 heavy (non-hydrogen) atoms. The Kier molecular flexibility index (Phi) is 4.72. The fourth-order valence-corrected chi connectivity index (χ4v) is 2.13. The van der Waals surface area contributed by atoms with E-state index in [1.807, 2.05) is 30.3 Å². The lowest BCUT2D eigenvalue weighted by Gasteiger charge is -2.03. The molecule has 1 amide bonds. The summed E-state index contributed by atoms with van der Waals surface area (Å²) in [6, 6.07) is 11.2. The molecule has 2 aromatic heterocycles. The maximum atomic E-state index is 11.6. The number of thioether (sulfide) groups is 1. The number of pyridine rings is 2. The van der Waals surface area contributed by atoms with E-state index in [1.54, 1.807) is 30.2 Å². The highest BCUT2D eigenvalue weighted by Gasteiger charge is 2.03. The van der Waals surface area contributed by atoms with Gasteiger partial charge in [-0.3, -0.25) is 4.79 Å². The van der Waals surface area contributed by atoms with E-state index >= 15 is 0 Å². The highest BCUT2D eigenvalue weighted by Crippen LogP contribution is 2.15. The molecule has 0 radical (unpaired) electrons. The lowest BCUT2D eigenvalue weighted by atomic mass is 10.4. The Bertz CT molecular complexity index is 490. The number of hydrogen-bond donors (Lipinski definition) is 1. The molecule has 4 nitrogen and oxygen atoms in total. The molecule has 0 aromatic carbocycles. The molecular weight excluding hydrogens is 246 g/mol. The molecular formula is C13H13N3OS. The molecule has 5 heteroatoms. The van der Waals surface area contributed by atoms with Gasteiger partial charge < -0.3 is 5.32 Å². The van der Waals surface area contributed by atoms with Crippen LogP contribution in [0.1, 0.15) is 6.42 Å². The Morgan fingerprint density at radius 2 is 1.89 bits per heavy atom. The minimum absolute atomic E-state index is 0.0304. The molecule has 0 atom stereocenters. The van der Waals surface area contributed by atoms with Crippen LogP contribution < -0.4 is 5.32 Å². The summed E-state index contributed by atoms with van der Waals surface area (Å²) >= 11 is 1.57. The van der Waals surface area contributed by atoms with Crippen molar-refractivity contribution in [1.82, 2.24) is 9.97 Å². The van der Waals surface area contributed by atoms with E-state index in [9.17, 15) is 4.79 Å². The molecule has 0 spiro atoms. The fourth-order valence-electron chi connectivity index (χ4n) is 1.32. The number of nitrogens with zero attached hydrogens (tertiary/aromatic N) is 2. The molecule has 0 fully saturated rings. The zero-order chi connectivity index (χ0) is 12.6. The Morgan fingerprint density at radius 3 is 2.56 bits per heavy atom. The van der Waals surface area contributed by atoms with Gasteiger partial charge in [0.05, 0.1) is 5.03 Å². The second-order valence-corrected chi connectivity index (χ2v) is 4.64. The Labute approximate surface area is 110 Å². The standard InChI is InChI=1S/C13H13N3OS/c17-12(16-11-5-1-3-8-14-11)7-10-18-13-6-2-4-9-15-13/h1-6,8-9H,7,10H2,(H,14,16,17). The van der Waals surface area contributed by atoms with Gasteiger partial charge in [-0.05, 0) is 24.3 Å². The molecule has 2 aromatic rings. The molecule has 1 N–H and O–H groups in total. The summed E-state index contributed by atoms with van der Waals surface area (Å²) in [5.74, 6) is 1.26. The number of nitrogens with one attached hydrogen (secondary N) is 1. The average Bonchev–Trinajstić information content (AvgIpc) is 2.41. The van der Waals surface area contributed by atoms with Crippen molar-refractivity contribution in [2.45, 2.75) is 11.4 Å². The van der Waals surface area contributed by atoms with Crippen molar-refractivity contribution in [2.24, 2.45) is 0 Å². The molecule has 0 bridgehead atoms. The first-order valence-electron chi connectivity index (χ1n) is 5.59. The minimum Gasteiger partial charge on any atom is -0.311 e. The van der Waals surface area contributed by atoms with Crippen molar-refractivity contribution < 1.29 is 4.79 Å². The van der Waals surface area contributed by atoms with Gasteiger partial charge in [-0.2, -0.15) is 0 Å². The first kappa shape index (κ1) is 12.6. The molecule has 92 valence electrons. The van der Waals surface area contributed by atoms with Crippen LogP contribution in [0.15, 0.2) is 53.8 Å². The van der Waals surface area contributed by atoms with Gasteiger partial charge in [-0.25, -0.2) is 9.97 Å². The van der Waals surface area contributed by atoms with Crippen LogP contribution in [0, 0.1) is 0 Å². The molecule has 0 aliphatic rings. The van der Waals surface area contributed by atoms with Gasteiger partial charge >= 0.3 is 0 Å². The van der Waals surface area contributed by atoms with Gasteiger partial charge in [0, 0.05) is 24.6 Å². The van der Waals surface area contributed by atoms with E-state index in [-0.39, 0.29) is 5.91 Å². The van der Waals surface area contributed by atoms with Crippen molar-refractivity contribution in [3.8, 4) is 0 Å². The molecule has 0 saturated carbocycles. The topological polar surface area (TPSA) is 54.9 Å². The first-order valence-corrected chi connectivity index (χ1v) is 6.58. The van der Waals surface area contributed by atoms with Gasteiger partial charge in [0.15, 0.2) is 0 Å². The summed E-state index contributed by atoms with van der Waals surface area (Å²) in [5.41, 5.74) is 0. The van der Waals surface area contributed by atoms with Crippen LogP contribution in [0.25, 0.3) is 0 Å². The van der Waals surface area contributed by atoms with E-state index in [0.29, 0.717) is 18.0 Å². The van der Waals surface area contributed by atoms with Crippen LogP contribution in [-0.2, 0) is 4.79 Å². The maximum absolute atomic E-state index is 11.6. The average molecular weight is 259 g/mol. The summed E-state index contributed by atoms with van der Waals surface area (Å²) in [4.78, 5) is 19.8. The minimum atomic E-state index is -0.0304. The number of aromatic nitrogens is 2. The van der Waals surface area contributed by atoms with E-state index < -0.39 is 0 Å². The molecule has 2 rings (SSSR count). The smallest absolute Gasteiger partial charge is 0.226 e. The SMILES string of the molecule is O=C(CCSc1ccccn1)Nc1ccccn1. The van der Waals surface area contributed by atoms with Crippen LogP contribution in [0.5, 0.6) is 0 Å². The summed E-state index contributed by atoms with van der Waals surface area (Å²) < 4.78 is 0. The van der Waals surface area contributed by atoms with Crippen LogP contribution >= 0.6 is 11.8 Å². The number of amides is 1. The largest absolute Gasteiger partial charge is 0.311 e. The lowest BCUT2D eigenvalue weighted by molar-refractivity contribution is -0.115. The number of carbonyl (C=O) groups excluding carboxylic acids is 1. The fraction of sp³-hybridized carbons (Fsp3) is 0.154. The van der Waals surface area contributed by atoms with Crippen LogP contribution in [-0.4, -0.2) is 21.6 Å².